The van der Waals surface area contributed by atoms with Crippen LogP contribution in [0.4, 0.5) is 30.6 Å². The minimum absolute atomic E-state index is 0.115. The molecule has 0 aromatic heterocycles. The Labute approximate surface area is 169 Å². The average Bonchev–Trinajstić information content (AvgIpc) is 3.16. The van der Waals surface area contributed by atoms with Gasteiger partial charge in [0.15, 0.2) is 0 Å². The lowest BCUT2D eigenvalue weighted by Crippen LogP contribution is -2.50. The number of anilines is 3. The number of halogens is 2. The van der Waals surface area contributed by atoms with E-state index >= 15 is 0 Å². The molecule has 5 nitrogen and oxygen atoms in total. The van der Waals surface area contributed by atoms with Gasteiger partial charge in [-0.05, 0) is 62.7 Å². The van der Waals surface area contributed by atoms with E-state index in [2.05, 4.69) is 24.1 Å². The summed E-state index contributed by atoms with van der Waals surface area (Å²) in [6.45, 7) is 7.09. The largest absolute Gasteiger partial charge is 0.338 e. The molecule has 2 aromatic rings. The highest BCUT2D eigenvalue weighted by Crippen LogP contribution is 2.38. The number of hydrogen-bond acceptors (Lipinski definition) is 3. The van der Waals surface area contributed by atoms with Crippen LogP contribution in [-0.4, -0.2) is 49.2 Å². The number of carbonyl (C=O) groups excluding carboxylic acids is 1. The van der Waals surface area contributed by atoms with Crippen molar-refractivity contribution in [3.05, 3.63) is 54.1 Å². The number of nitrogens with one attached hydrogen (secondary N) is 1. The number of nitrogens with zero attached hydrogens (tertiary/aromatic N) is 3. The van der Waals surface area contributed by atoms with Crippen LogP contribution in [0.3, 0.4) is 0 Å². The normalized spacial score (nSPS) is 19.6. The summed E-state index contributed by atoms with van der Waals surface area (Å²) in [5, 5.41) is 3.13. The number of likely N-dealkylation sites (tertiary alicyclic amines) is 1. The molecule has 0 bridgehead atoms. The third kappa shape index (κ3) is 4.05. The number of rotatable bonds is 3. The summed E-state index contributed by atoms with van der Waals surface area (Å²) >= 11 is 0. The number of carbonyl (C=O) groups is 1. The smallest absolute Gasteiger partial charge is 0.322 e. The van der Waals surface area contributed by atoms with E-state index in [1.165, 1.54) is 24.3 Å². The Morgan fingerprint density at radius 1 is 1.00 bits per heavy atom. The summed E-state index contributed by atoms with van der Waals surface area (Å²) in [5.74, 6) is -0.695. The molecule has 1 fully saturated rings. The zero-order chi connectivity index (χ0) is 20.5. The van der Waals surface area contributed by atoms with Crippen LogP contribution in [0.15, 0.2) is 42.5 Å². The molecule has 154 valence electrons. The predicted octanol–water partition coefficient (Wildman–Crippen LogP) is 4.12. The molecule has 1 atom stereocenters. The van der Waals surface area contributed by atoms with Crippen molar-refractivity contribution in [1.29, 1.82) is 0 Å². The quantitative estimate of drug-likeness (QED) is 0.843. The minimum atomic E-state index is -0.374. The molecule has 0 radical (unpaired) electrons. The molecule has 0 saturated carbocycles. The second-order valence-corrected chi connectivity index (χ2v) is 7.94. The maximum Gasteiger partial charge on any atom is 0.322 e. The van der Waals surface area contributed by atoms with Crippen molar-refractivity contribution in [2.24, 2.45) is 0 Å². The first-order valence-corrected chi connectivity index (χ1v) is 10.1. The summed E-state index contributed by atoms with van der Waals surface area (Å²) in [6, 6.07) is 10.9. The molecule has 0 aliphatic carbocycles. The predicted molar refractivity (Wildman–Crippen MR) is 111 cm³/mol. The maximum absolute atomic E-state index is 14.0. The SMILES string of the molecule is CC(C)N1CCC(NC(=O)N2CCN(c3ccc(F)cc3)c3cc(F)ccc32)C1. The van der Waals surface area contributed by atoms with Crippen LogP contribution in [-0.2, 0) is 0 Å². The zero-order valence-corrected chi connectivity index (χ0v) is 16.7. The van der Waals surface area contributed by atoms with E-state index in [1.807, 2.05) is 4.90 Å². The molecule has 2 amide bonds. The van der Waals surface area contributed by atoms with Crippen molar-refractivity contribution in [3.63, 3.8) is 0 Å². The third-order valence-electron chi connectivity index (χ3n) is 5.73. The molecule has 2 aliphatic heterocycles. The van der Waals surface area contributed by atoms with Gasteiger partial charge in [-0.25, -0.2) is 13.6 Å². The fraction of sp³-hybridized carbons (Fsp3) is 0.409. The third-order valence-corrected chi connectivity index (χ3v) is 5.73. The number of amides is 2. The van der Waals surface area contributed by atoms with E-state index in [9.17, 15) is 13.6 Å². The number of benzene rings is 2. The monoisotopic (exact) mass is 400 g/mol. The van der Waals surface area contributed by atoms with Crippen LogP contribution in [0.25, 0.3) is 0 Å². The summed E-state index contributed by atoms with van der Waals surface area (Å²) in [7, 11) is 0. The highest BCUT2D eigenvalue weighted by molar-refractivity contribution is 5.98. The van der Waals surface area contributed by atoms with Gasteiger partial charge in [-0.1, -0.05) is 0 Å². The molecule has 2 heterocycles. The topological polar surface area (TPSA) is 38.8 Å². The Balaban J connectivity index is 1.55. The van der Waals surface area contributed by atoms with Crippen molar-refractivity contribution in [3.8, 4) is 0 Å². The Morgan fingerprint density at radius 2 is 1.72 bits per heavy atom. The second kappa shape index (κ2) is 7.99. The van der Waals surface area contributed by atoms with Gasteiger partial charge in [-0.3, -0.25) is 9.80 Å². The van der Waals surface area contributed by atoms with E-state index in [1.54, 1.807) is 23.1 Å². The highest BCUT2D eigenvalue weighted by atomic mass is 19.1. The molecule has 2 aliphatic rings. The average molecular weight is 400 g/mol. The highest BCUT2D eigenvalue weighted by Gasteiger charge is 2.31. The van der Waals surface area contributed by atoms with Gasteiger partial charge in [-0.15, -0.1) is 0 Å². The minimum Gasteiger partial charge on any atom is -0.338 e. The van der Waals surface area contributed by atoms with Gasteiger partial charge in [0.05, 0.1) is 11.4 Å². The Morgan fingerprint density at radius 3 is 2.41 bits per heavy atom. The first kappa shape index (κ1) is 19.6. The van der Waals surface area contributed by atoms with Crippen molar-refractivity contribution < 1.29 is 13.6 Å². The number of fused-ring (bicyclic) bond motifs is 1. The lowest BCUT2D eigenvalue weighted by atomic mass is 10.1. The number of urea groups is 1. The van der Waals surface area contributed by atoms with E-state index in [0.717, 1.165) is 25.2 Å². The van der Waals surface area contributed by atoms with Gasteiger partial charge in [0.2, 0.25) is 0 Å². The fourth-order valence-corrected chi connectivity index (χ4v) is 4.11. The van der Waals surface area contributed by atoms with Crippen LogP contribution >= 0.6 is 0 Å². The van der Waals surface area contributed by atoms with Gasteiger partial charge in [0, 0.05) is 44.0 Å². The summed E-state index contributed by atoms with van der Waals surface area (Å²) in [4.78, 5) is 18.9. The van der Waals surface area contributed by atoms with Gasteiger partial charge in [0.1, 0.15) is 11.6 Å². The molecule has 1 N–H and O–H groups in total. The first-order chi connectivity index (χ1) is 13.9. The maximum atomic E-state index is 14.0. The number of hydrogen-bond donors (Lipinski definition) is 1. The van der Waals surface area contributed by atoms with Gasteiger partial charge in [0.25, 0.3) is 0 Å². The van der Waals surface area contributed by atoms with Crippen molar-refractivity contribution in [2.75, 3.05) is 36.0 Å². The van der Waals surface area contributed by atoms with Gasteiger partial charge >= 0.3 is 6.03 Å². The molecule has 2 aromatic carbocycles. The standard InChI is InChI=1S/C22H26F2N4O/c1-15(2)26-10-9-18(14-26)25-22(29)28-12-11-27(19-6-3-16(23)4-7-19)21-13-17(24)5-8-20(21)28/h3-8,13,15,18H,9-12,14H2,1-2H3,(H,25,29). The molecule has 1 saturated heterocycles. The summed E-state index contributed by atoms with van der Waals surface area (Å²) in [6.07, 6.45) is 0.926. The van der Waals surface area contributed by atoms with E-state index in [4.69, 9.17) is 0 Å². The molecular weight excluding hydrogens is 374 g/mol. The summed E-state index contributed by atoms with van der Waals surface area (Å²) < 4.78 is 27.3. The van der Waals surface area contributed by atoms with Gasteiger partial charge in [-0.2, -0.15) is 0 Å². The molecule has 1 unspecified atom stereocenters. The van der Waals surface area contributed by atoms with Crippen molar-refractivity contribution in [2.45, 2.75) is 32.4 Å². The Hall–Kier alpha value is -2.67. The molecule has 0 spiro atoms. The zero-order valence-electron chi connectivity index (χ0n) is 16.7. The second-order valence-electron chi connectivity index (χ2n) is 7.94. The van der Waals surface area contributed by atoms with Crippen molar-refractivity contribution >= 4 is 23.1 Å². The molecule has 29 heavy (non-hydrogen) atoms. The van der Waals surface area contributed by atoms with E-state index in [-0.39, 0.29) is 23.7 Å². The lowest BCUT2D eigenvalue weighted by molar-refractivity contribution is 0.238. The van der Waals surface area contributed by atoms with Crippen LogP contribution in [0.5, 0.6) is 0 Å². The van der Waals surface area contributed by atoms with E-state index in [0.29, 0.717) is 30.5 Å². The van der Waals surface area contributed by atoms with Gasteiger partial charge < -0.3 is 10.2 Å². The Bertz CT molecular complexity index is 887. The first-order valence-electron chi connectivity index (χ1n) is 10.1. The molecule has 7 heteroatoms. The lowest BCUT2D eigenvalue weighted by Gasteiger charge is -2.38. The van der Waals surface area contributed by atoms with Crippen molar-refractivity contribution in [1.82, 2.24) is 10.2 Å². The molecular formula is C22H26F2N4O. The van der Waals surface area contributed by atoms with Crippen LogP contribution in [0, 0.1) is 11.6 Å². The van der Waals surface area contributed by atoms with Crippen LogP contribution in [0.1, 0.15) is 20.3 Å². The Kier molecular flexibility index (Phi) is 5.41. The van der Waals surface area contributed by atoms with Crippen LogP contribution in [0.2, 0.25) is 0 Å². The van der Waals surface area contributed by atoms with Crippen LogP contribution < -0.4 is 15.1 Å². The summed E-state index contributed by atoms with van der Waals surface area (Å²) in [5.41, 5.74) is 2.02. The van der Waals surface area contributed by atoms with E-state index < -0.39 is 0 Å². The molecule has 4 rings (SSSR count). The fourth-order valence-electron chi connectivity index (χ4n) is 4.11.